The van der Waals surface area contributed by atoms with Crippen LogP contribution in [0.25, 0.3) is 0 Å². The average Bonchev–Trinajstić information content (AvgIpc) is 2.93. The Morgan fingerprint density at radius 2 is 2.14 bits per heavy atom. The highest BCUT2D eigenvalue weighted by atomic mass is 32.1. The molecule has 6 heteroatoms. The van der Waals surface area contributed by atoms with Gasteiger partial charge in [0.05, 0.1) is 0 Å². The highest BCUT2D eigenvalue weighted by molar-refractivity contribution is 7.13. The minimum Gasteiger partial charge on any atom is -0.381 e. The summed E-state index contributed by atoms with van der Waals surface area (Å²) in [7, 11) is 0. The van der Waals surface area contributed by atoms with Crippen molar-refractivity contribution >= 4 is 22.4 Å². The monoisotopic (exact) mass is 309 g/mol. The van der Waals surface area contributed by atoms with Crippen LogP contribution in [0.2, 0.25) is 0 Å². The maximum Gasteiger partial charge on any atom is 0.222 e. The van der Waals surface area contributed by atoms with Gasteiger partial charge < -0.3 is 14.5 Å². The van der Waals surface area contributed by atoms with E-state index in [-0.39, 0.29) is 0 Å². The van der Waals surface area contributed by atoms with Crippen molar-refractivity contribution in [2.75, 3.05) is 44.3 Å². The van der Waals surface area contributed by atoms with Crippen LogP contribution in [0.5, 0.6) is 0 Å². The summed E-state index contributed by atoms with van der Waals surface area (Å²) in [4.78, 5) is 21.2. The Morgan fingerprint density at radius 1 is 1.29 bits per heavy atom. The minimum atomic E-state index is 0.322. The first-order valence-electron chi connectivity index (χ1n) is 7.83. The van der Waals surface area contributed by atoms with Crippen LogP contribution >= 0.6 is 11.3 Å². The Hall–Kier alpha value is -1.14. The first kappa shape index (κ1) is 14.8. The lowest BCUT2D eigenvalue weighted by Gasteiger charge is -2.26. The number of aromatic nitrogens is 1. The highest BCUT2D eigenvalue weighted by Crippen LogP contribution is 2.22. The third-order valence-corrected chi connectivity index (χ3v) is 5.17. The summed E-state index contributed by atoms with van der Waals surface area (Å²) in [6, 6.07) is 0. The first-order valence-corrected chi connectivity index (χ1v) is 8.71. The predicted molar refractivity (Wildman–Crippen MR) is 83.7 cm³/mol. The summed E-state index contributed by atoms with van der Waals surface area (Å²) in [5.41, 5.74) is 0. The van der Waals surface area contributed by atoms with E-state index in [9.17, 15) is 4.79 Å². The molecule has 1 aromatic rings. The molecule has 0 saturated carbocycles. The molecule has 0 atom stereocenters. The van der Waals surface area contributed by atoms with Gasteiger partial charge in [-0.05, 0) is 25.2 Å². The van der Waals surface area contributed by atoms with E-state index in [0.29, 0.717) is 18.2 Å². The van der Waals surface area contributed by atoms with Gasteiger partial charge in [0.15, 0.2) is 5.13 Å². The van der Waals surface area contributed by atoms with Gasteiger partial charge in [-0.1, -0.05) is 0 Å². The lowest BCUT2D eigenvalue weighted by Crippen LogP contribution is -2.36. The van der Waals surface area contributed by atoms with Gasteiger partial charge in [0, 0.05) is 57.4 Å². The second-order valence-corrected chi connectivity index (χ2v) is 6.67. The average molecular weight is 309 g/mol. The molecule has 2 saturated heterocycles. The fourth-order valence-electron chi connectivity index (χ4n) is 3.06. The maximum atomic E-state index is 12.5. The standard InChI is InChI=1S/C15H23N3O2S/c19-14(12-13-2-9-20-10-3-13)17-5-1-6-18(8-7-17)15-16-4-11-21-15/h4,11,13H,1-3,5-10,12H2. The fourth-order valence-corrected chi connectivity index (χ4v) is 3.75. The number of rotatable bonds is 3. The molecule has 1 amide bonds. The molecule has 0 N–H and O–H groups in total. The van der Waals surface area contributed by atoms with Crippen molar-refractivity contribution in [2.45, 2.75) is 25.7 Å². The Kier molecular flexibility index (Phi) is 5.08. The summed E-state index contributed by atoms with van der Waals surface area (Å²) in [5, 5.41) is 3.09. The predicted octanol–water partition coefficient (Wildman–Crippen LogP) is 2.00. The zero-order valence-corrected chi connectivity index (χ0v) is 13.2. The molecule has 0 radical (unpaired) electrons. The van der Waals surface area contributed by atoms with Crippen LogP contribution in [-0.4, -0.2) is 55.2 Å². The van der Waals surface area contributed by atoms with Crippen molar-refractivity contribution in [1.29, 1.82) is 0 Å². The van der Waals surface area contributed by atoms with Crippen LogP contribution < -0.4 is 4.90 Å². The lowest BCUT2D eigenvalue weighted by atomic mass is 9.96. The molecule has 0 unspecified atom stereocenters. The largest absolute Gasteiger partial charge is 0.381 e. The van der Waals surface area contributed by atoms with Gasteiger partial charge >= 0.3 is 0 Å². The van der Waals surface area contributed by atoms with Crippen molar-refractivity contribution in [2.24, 2.45) is 5.92 Å². The van der Waals surface area contributed by atoms with Crippen LogP contribution in [0.4, 0.5) is 5.13 Å². The third kappa shape index (κ3) is 3.95. The number of anilines is 1. The Balaban J connectivity index is 1.51. The molecule has 0 aliphatic carbocycles. The van der Waals surface area contributed by atoms with Gasteiger partial charge in [-0.25, -0.2) is 4.98 Å². The molecular weight excluding hydrogens is 286 g/mol. The van der Waals surface area contributed by atoms with Gasteiger partial charge in [-0.3, -0.25) is 4.79 Å². The van der Waals surface area contributed by atoms with Crippen LogP contribution in [0.1, 0.15) is 25.7 Å². The van der Waals surface area contributed by atoms with Crippen molar-refractivity contribution in [1.82, 2.24) is 9.88 Å². The quantitative estimate of drug-likeness (QED) is 0.857. The molecular formula is C15H23N3O2S. The van der Waals surface area contributed by atoms with E-state index in [1.54, 1.807) is 11.3 Å². The molecule has 3 rings (SSSR count). The number of ether oxygens (including phenoxy) is 1. The molecule has 21 heavy (non-hydrogen) atoms. The van der Waals surface area contributed by atoms with Crippen molar-refractivity contribution in [3.8, 4) is 0 Å². The number of hydrogen-bond donors (Lipinski definition) is 0. The highest BCUT2D eigenvalue weighted by Gasteiger charge is 2.23. The van der Waals surface area contributed by atoms with Crippen LogP contribution in [-0.2, 0) is 9.53 Å². The number of carbonyl (C=O) groups is 1. The Bertz CT molecular complexity index is 446. The van der Waals surface area contributed by atoms with Gasteiger partial charge in [0.25, 0.3) is 0 Å². The topological polar surface area (TPSA) is 45.7 Å². The van der Waals surface area contributed by atoms with Gasteiger partial charge in [-0.15, -0.1) is 11.3 Å². The summed E-state index contributed by atoms with van der Waals surface area (Å²) >= 11 is 1.67. The Morgan fingerprint density at radius 3 is 2.90 bits per heavy atom. The van der Waals surface area contributed by atoms with E-state index in [2.05, 4.69) is 9.88 Å². The molecule has 2 aliphatic heterocycles. The molecule has 5 nitrogen and oxygen atoms in total. The first-order chi connectivity index (χ1) is 10.3. The van der Waals surface area contributed by atoms with Gasteiger partial charge in [0.2, 0.25) is 5.91 Å². The summed E-state index contributed by atoms with van der Waals surface area (Å²) in [6.45, 7) is 5.22. The molecule has 3 heterocycles. The second kappa shape index (κ2) is 7.22. The van der Waals surface area contributed by atoms with E-state index in [0.717, 1.165) is 63.8 Å². The molecule has 2 fully saturated rings. The fraction of sp³-hybridized carbons (Fsp3) is 0.733. The van der Waals surface area contributed by atoms with Gasteiger partial charge in [0.1, 0.15) is 0 Å². The van der Waals surface area contributed by atoms with Crippen LogP contribution in [0, 0.1) is 5.92 Å². The van der Waals surface area contributed by atoms with E-state index in [1.807, 2.05) is 16.5 Å². The summed E-state index contributed by atoms with van der Waals surface area (Å²) < 4.78 is 5.36. The van der Waals surface area contributed by atoms with Crippen molar-refractivity contribution < 1.29 is 9.53 Å². The molecule has 0 spiro atoms. The third-order valence-electron chi connectivity index (χ3n) is 4.34. The van der Waals surface area contributed by atoms with Crippen LogP contribution in [0.15, 0.2) is 11.6 Å². The van der Waals surface area contributed by atoms with E-state index in [4.69, 9.17) is 4.74 Å². The zero-order chi connectivity index (χ0) is 14.5. The maximum absolute atomic E-state index is 12.5. The Labute approximate surface area is 129 Å². The van der Waals surface area contributed by atoms with E-state index < -0.39 is 0 Å². The number of carbonyl (C=O) groups excluding carboxylic acids is 1. The number of hydrogen-bond acceptors (Lipinski definition) is 5. The normalized spacial score (nSPS) is 21.3. The van der Waals surface area contributed by atoms with Gasteiger partial charge in [-0.2, -0.15) is 0 Å². The lowest BCUT2D eigenvalue weighted by molar-refractivity contribution is -0.132. The van der Waals surface area contributed by atoms with E-state index in [1.165, 1.54) is 0 Å². The SMILES string of the molecule is O=C(CC1CCOCC1)N1CCCN(c2nccs2)CC1. The van der Waals surface area contributed by atoms with Crippen LogP contribution in [0.3, 0.4) is 0 Å². The zero-order valence-electron chi connectivity index (χ0n) is 12.4. The summed E-state index contributed by atoms with van der Waals surface area (Å²) in [6.07, 6.45) is 5.63. The molecule has 2 aliphatic rings. The summed E-state index contributed by atoms with van der Waals surface area (Å²) in [5.74, 6) is 0.840. The molecule has 1 aromatic heterocycles. The molecule has 116 valence electrons. The number of nitrogens with zero attached hydrogens (tertiary/aromatic N) is 3. The second-order valence-electron chi connectivity index (χ2n) is 5.80. The van der Waals surface area contributed by atoms with E-state index >= 15 is 0 Å². The smallest absolute Gasteiger partial charge is 0.222 e. The minimum absolute atomic E-state index is 0.322. The number of amides is 1. The molecule has 0 aromatic carbocycles. The molecule has 0 bridgehead atoms. The number of thiazole rings is 1. The van der Waals surface area contributed by atoms with Crippen molar-refractivity contribution in [3.63, 3.8) is 0 Å². The van der Waals surface area contributed by atoms with Crippen molar-refractivity contribution in [3.05, 3.63) is 11.6 Å².